The van der Waals surface area contributed by atoms with Crippen LogP contribution in [-0.2, 0) is 10.0 Å². The van der Waals surface area contributed by atoms with Crippen LogP contribution in [0.2, 0.25) is 0 Å². The van der Waals surface area contributed by atoms with Crippen molar-refractivity contribution in [1.29, 1.82) is 0 Å². The van der Waals surface area contributed by atoms with Gasteiger partial charge < -0.3 is 5.32 Å². The number of hydrogen-bond donors (Lipinski definition) is 2. The van der Waals surface area contributed by atoms with Gasteiger partial charge in [0.05, 0.1) is 4.90 Å². The molecule has 0 aromatic heterocycles. The van der Waals surface area contributed by atoms with Gasteiger partial charge in [0.25, 0.3) is 0 Å². The van der Waals surface area contributed by atoms with Gasteiger partial charge in [-0.3, -0.25) is 0 Å². The standard InChI is InChI=1S/C17H26N2O2S/c1-10-7-11(2)13(4)17(12(10)3)22(20,21)19-16-8-14-5-6-15(9-16)18-14/h7,14-16,18-19H,5-6,8-9H2,1-4H3. The average Bonchev–Trinajstić information content (AvgIpc) is 2.75. The van der Waals surface area contributed by atoms with E-state index in [4.69, 9.17) is 0 Å². The van der Waals surface area contributed by atoms with E-state index in [2.05, 4.69) is 16.1 Å². The Morgan fingerprint density at radius 3 is 2.00 bits per heavy atom. The lowest BCUT2D eigenvalue weighted by molar-refractivity contribution is 0.345. The third kappa shape index (κ3) is 2.82. The van der Waals surface area contributed by atoms with Gasteiger partial charge in [-0.1, -0.05) is 6.07 Å². The molecule has 2 fully saturated rings. The Bertz CT molecular complexity index is 659. The third-order valence-electron chi connectivity index (χ3n) is 5.36. The molecule has 1 aromatic carbocycles. The highest BCUT2D eigenvalue weighted by molar-refractivity contribution is 7.89. The fourth-order valence-corrected chi connectivity index (χ4v) is 5.89. The van der Waals surface area contributed by atoms with Crippen LogP contribution in [-0.4, -0.2) is 26.5 Å². The van der Waals surface area contributed by atoms with Crippen molar-refractivity contribution in [2.75, 3.05) is 0 Å². The maximum atomic E-state index is 12.9. The first-order valence-corrected chi connectivity index (χ1v) is 9.62. The third-order valence-corrected chi connectivity index (χ3v) is 7.15. The van der Waals surface area contributed by atoms with Crippen molar-refractivity contribution >= 4 is 10.0 Å². The fraction of sp³-hybridized carbons (Fsp3) is 0.647. The van der Waals surface area contributed by atoms with E-state index in [-0.39, 0.29) is 6.04 Å². The molecule has 2 heterocycles. The number of hydrogen-bond acceptors (Lipinski definition) is 3. The van der Waals surface area contributed by atoms with E-state index < -0.39 is 10.0 Å². The molecule has 2 bridgehead atoms. The summed E-state index contributed by atoms with van der Waals surface area (Å²) in [4.78, 5) is 0.482. The molecule has 0 spiro atoms. The van der Waals surface area contributed by atoms with Crippen molar-refractivity contribution in [2.45, 2.75) is 76.4 Å². The number of rotatable bonds is 3. The summed E-state index contributed by atoms with van der Waals surface area (Å²) in [5.41, 5.74) is 3.81. The van der Waals surface area contributed by atoms with E-state index in [1.165, 1.54) is 12.8 Å². The van der Waals surface area contributed by atoms with Crippen molar-refractivity contribution < 1.29 is 8.42 Å². The Labute approximate surface area is 133 Å². The SMILES string of the molecule is Cc1cc(C)c(C)c(S(=O)(=O)NC2CC3CCC(C2)N3)c1C. The van der Waals surface area contributed by atoms with Crippen LogP contribution in [0.3, 0.4) is 0 Å². The molecule has 122 valence electrons. The summed E-state index contributed by atoms with van der Waals surface area (Å²) in [7, 11) is -3.46. The zero-order valence-electron chi connectivity index (χ0n) is 13.9. The molecular formula is C17H26N2O2S. The lowest BCUT2D eigenvalue weighted by atomic mass is 10.0. The van der Waals surface area contributed by atoms with E-state index in [0.717, 1.165) is 35.1 Å². The summed E-state index contributed by atoms with van der Waals surface area (Å²) >= 11 is 0. The molecule has 0 saturated carbocycles. The topological polar surface area (TPSA) is 58.2 Å². The van der Waals surface area contributed by atoms with Crippen molar-refractivity contribution in [3.63, 3.8) is 0 Å². The van der Waals surface area contributed by atoms with Crippen LogP contribution in [0, 0.1) is 27.7 Å². The van der Waals surface area contributed by atoms with E-state index >= 15 is 0 Å². The molecule has 5 heteroatoms. The molecule has 4 nitrogen and oxygen atoms in total. The number of sulfonamides is 1. The Kier molecular flexibility index (Phi) is 4.08. The Morgan fingerprint density at radius 1 is 1.00 bits per heavy atom. The molecule has 2 atom stereocenters. The Hall–Kier alpha value is -0.910. The first kappa shape index (κ1) is 16.0. The molecule has 2 aliphatic heterocycles. The summed E-state index contributed by atoms with van der Waals surface area (Å²) in [6, 6.07) is 3.08. The summed E-state index contributed by atoms with van der Waals surface area (Å²) in [6.07, 6.45) is 4.15. The maximum Gasteiger partial charge on any atom is 0.241 e. The van der Waals surface area contributed by atoms with Gasteiger partial charge in [0.2, 0.25) is 10.0 Å². The molecule has 2 N–H and O–H groups in total. The second kappa shape index (κ2) is 5.62. The van der Waals surface area contributed by atoms with Gasteiger partial charge in [-0.15, -0.1) is 0 Å². The van der Waals surface area contributed by atoms with Gasteiger partial charge in [-0.25, -0.2) is 13.1 Å². The molecule has 0 radical (unpaired) electrons. The highest BCUT2D eigenvalue weighted by Crippen LogP contribution is 2.30. The lowest BCUT2D eigenvalue weighted by Gasteiger charge is -2.30. The fourth-order valence-electron chi connectivity index (χ4n) is 4.02. The largest absolute Gasteiger partial charge is 0.311 e. The van der Waals surface area contributed by atoms with Gasteiger partial charge in [0, 0.05) is 18.1 Å². The summed E-state index contributed by atoms with van der Waals surface area (Å²) in [5.74, 6) is 0. The molecule has 1 aromatic rings. The second-order valence-corrected chi connectivity index (χ2v) is 8.67. The normalized spacial score (nSPS) is 28.1. The predicted molar refractivity (Wildman–Crippen MR) is 88.7 cm³/mol. The number of piperidine rings is 1. The van der Waals surface area contributed by atoms with Gasteiger partial charge in [-0.2, -0.15) is 0 Å². The van der Waals surface area contributed by atoms with Crippen molar-refractivity contribution in [3.05, 3.63) is 28.3 Å². The van der Waals surface area contributed by atoms with Gasteiger partial charge in [0.15, 0.2) is 0 Å². The summed E-state index contributed by atoms with van der Waals surface area (Å²) < 4.78 is 28.9. The average molecular weight is 322 g/mol. The first-order valence-electron chi connectivity index (χ1n) is 8.13. The van der Waals surface area contributed by atoms with Gasteiger partial charge in [0.1, 0.15) is 0 Å². The number of fused-ring (bicyclic) bond motifs is 2. The van der Waals surface area contributed by atoms with E-state index in [1.54, 1.807) is 0 Å². The number of nitrogens with one attached hydrogen (secondary N) is 2. The zero-order valence-corrected chi connectivity index (χ0v) is 14.7. The zero-order chi connectivity index (χ0) is 16.1. The second-order valence-electron chi connectivity index (χ2n) is 7.02. The minimum absolute atomic E-state index is 0.0587. The van der Waals surface area contributed by atoms with E-state index in [0.29, 0.717) is 17.0 Å². The van der Waals surface area contributed by atoms with E-state index in [1.807, 2.05) is 27.7 Å². The van der Waals surface area contributed by atoms with Crippen LogP contribution >= 0.6 is 0 Å². The molecule has 0 amide bonds. The summed E-state index contributed by atoms with van der Waals surface area (Å²) in [6.45, 7) is 7.77. The minimum atomic E-state index is -3.46. The molecule has 0 aliphatic carbocycles. The molecule has 2 aliphatic rings. The highest BCUT2D eigenvalue weighted by atomic mass is 32.2. The minimum Gasteiger partial charge on any atom is -0.311 e. The Morgan fingerprint density at radius 2 is 1.50 bits per heavy atom. The van der Waals surface area contributed by atoms with Crippen LogP contribution in [0.1, 0.15) is 47.9 Å². The number of benzene rings is 1. The van der Waals surface area contributed by atoms with E-state index in [9.17, 15) is 8.42 Å². The van der Waals surface area contributed by atoms with Gasteiger partial charge in [-0.05, 0) is 75.6 Å². The van der Waals surface area contributed by atoms with Crippen LogP contribution in [0.25, 0.3) is 0 Å². The lowest BCUT2D eigenvalue weighted by Crippen LogP contribution is -2.48. The maximum absolute atomic E-state index is 12.9. The van der Waals surface area contributed by atoms with Crippen LogP contribution in [0.15, 0.2) is 11.0 Å². The molecule has 3 rings (SSSR count). The predicted octanol–water partition coefficient (Wildman–Crippen LogP) is 2.48. The van der Waals surface area contributed by atoms with Gasteiger partial charge >= 0.3 is 0 Å². The van der Waals surface area contributed by atoms with Crippen molar-refractivity contribution in [3.8, 4) is 0 Å². The smallest absolute Gasteiger partial charge is 0.241 e. The molecule has 2 saturated heterocycles. The first-order chi connectivity index (χ1) is 10.3. The molecule has 2 unspecified atom stereocenters. The molecular weight excluding hydrogens is 296 g/mol. The monoisotopic (exact) mass is 322 g/mol. The van der Waals surface area contributed by atoms with Crippen molar-refractivity contribution in [1.82, 2.24) is 10.0 Å². The quantitative estimate of drug-likeness (QED) is 0.899. The highest BCUT2D eigenvalue weighted by Gasteiger charge is 2.36. The molecule has 22 heavy (non-hydrogen) atoms. The Balaban J connectivity index is 1.91. The van der Waals surface area contributed by atoms with Crippen LogP contribution < -0.4 is 10.0 Å². The number of aryl methyl sites for hydroxylation is 2. The van der Waals surface area contributed by atoms with Crippen LogP contribution in [0.5, 0.6) is 0 Å². The van der Waals surface area contributed by atoms with Crippen LogP contribution in [0.4, 0.5) is 0 Å². The van der Waals surface area contributed by atoms with Crippen molar-refractivity contribution in [2.24, 2.45) is 0 Å². The summed E-state index contributed by atoms with van der Waals surface area (Å²) in [5, 5.41) is 3.55.